The maximum Gasteiger partial charge on any atom is 0.243 e. The minimum Gasteiger partial charge on any atom is -0.392 e. The smallest absolute Gasteiger partial charge is 0.243 e. The second kappa shape index (κ2) is 18.0. The first-order valence-electron chi connectivity index (χ1n) is 16.1. The molecular formula is C35H49N3O6. The lowest BCUT2D eigenvalue weighted by atomic mass is 9.99. The van der Waals surface area contributed by atoms with Gasteiger partial charge >= 0.3 is 0 Å². The molecule has 240 valence electrons. The van der Waals surface area contributed by atoms with E-state index in [1.807, 2.05) is 54.6 Å². The Kier molecular flexibility index (Phi) is 13.8. The maximum atomic E-state index is 12.3. The van der Waals surface area contributed by atoms with E-state index in [0.717, 1.165) is 61.0 Å². The zero-order chi connectivity index (χ0) is 31.1. The molecule has 2 amide bonds. The highest BCUT2D eigenvalue weighted by Crippen LogP contribution is 2.39. The van der Waals surface area contributed by atoms with Gasteiger partial charge in [0.2, 0.25) is 11.8 Å². The summed E-state index contributed by atoms with van der Waals surface area (Å²) in [5.74, 6) is -0.372. The Balaban J connectivity index is 1.33. The van der Waals surface area contributed by atoms with Gasteiger partial charge in [-0.2, -0.15) is 0 Å². The Morgan fingerprint density at radius 3 is 2.16 bits per heavy atom. The average molecular weight is 608 g/mol. The summed E-state index contributed by atoms with van der Waals surface area (Å²) in [6.07, 6.45) is 11.0. The number of carbonyl (C=O) groups excluding carboxylic acids is 2. The third-order valence-electron chi connectivity index (χ3n) is 8.68. The molecule has 2 fully saturated rings. The van der Waals surface area contributed by atoms with E-state index in [-0.39, 0.29) is 30.6 Å². The van der Waals surface area contributed by atoms with Crippen molar-refractivity contribution in [3.05, 3.63) is 83.4 Å². The van der Waals surface area contributed by atoms with Crippen LogP contribution in [-0.2, 0) is 32.2 Å². The van der Waals surface area contributed by atoms with Crippen LogP contribution in [0.4, 0.5) is 0 Å². The van der Waals surface area contributed by atoms with Gasteiger partial charge in [0.25, 0.3) is 0 Å². The predicted octanol–water partition coefficient (Wildman–Crippen LogP) is 5.62. The van der Waals surface area contributed by atoms with Crippen LogP contribution < -0.4 is 10.8 Å². The monoisotopic (exact) mass is 607 g/mol. The second-order valence-corrected chi connectivity index (χ2v) is 12.0. The fraction of sp³-hybridized carbons (Fsp3) is 0.543. The van der Waals surface area contributed by atoms with Gasteiger partial charge in [0, 0.05) is 50.5 Å². The third-order valence-corrected chi connectivity index (χ3v) is 8.68. The van der Waals surface area contributed by atoms with Gasteiger partial charge in [0.05, 0.1) is 18.8 Å². The molecule has 1 aliphatic carbocycles. The van der Waals surface area contributed by atoms with Crippen molar-refractivity contribution in [2.45, 2.75) is 108 Å². The summed E-state index contributed by atoms with van der Waals surface area (Å²) in [6, 6.07) is 16.6. The topological polar surface area (TPSA) is 120 Å². The number of aliphatic hydroxyl groups excluding tert-OH is 1. The number of aliphatic hydroxyl groups is 1. The highest BCUT2D eigenvalue weighted by molar-refractivity contribution is 5.75. The Hall–Kier alpha value is -3.08. The van der Waals surface area contributed by atoms with Crippen LogP contribution in [-0.4, -0.2) is 52.3 Å². The summed E-state index contributed by atoms with van der Waals surface area (Å²) in [5.41, 5.74) is 5.52. The average Bonchev–Trinajstić information content (AvgIpc) is 3.60. The molecule has 9 nitrogen and oxygen atoms in total. The van der Waals surface area contributed by atoms with Crippen molar-refractivity contribution in [2.75, 3.05) is 13.1 Å². The molecule has 0 bridgehead atoms. The number of rotatable bonds is 17. The highest BCUT2D eigenvalue weighted by Gasteiger charge is 2.34. The molecule has 2 aliphatic rings. The number of nitrogens with zero attached hydrogens (tertiary/aromatic N) is 1. The van der Waals surface area contributed by atoms with Crippen LogP contribution in [0.25, 0.3) is 0 Å². The molecule has 9 heteroatoms. The molecule has 1 saturated heterocycles. The van der Waals surface area contributed by atoms with Gasteiger partial charge in [0.1, 0.15) is 0 Å². The lowest BCUT2D eigenvalue weighted by molar-refractivity contribution is -0.253. The largest absolute Gasteiger partial charge is 0.392 e. The molecule has 1 heterocycles. The first kappa shape index (κ1) is 33.8. The van der Waals surface area contributed by atoms with Crippen LogP contribution in [0, 0.1) is 0 Å². The number of carbonyl (C=O) groups is 2. The van der Waals surface area contributed by atoms with Crippen LogP contribution in [0.2, 0.25) is 0 Å². The first-order valence-corrected chi connectivity index (χ1v) is 16.1. The van der Waals surface area contributed by atoms with Gasteiger partial charge in [-0.3, -0.25) is 19.7 Å². The van der Waals surface area contributed by atoms with E-state index in [2.05, 4.69) is 16.8 Å². The van der Waals surface area contributed by atoms with Crippen molar-refractivity contribution >= 4 is 11.8 Å². The van der Waals surface area contributed by atoms with E-state index in [9.17, 15) is 14.7 Å². The number of hydroxylamine groups is 1. The number of amides is 2. The molecule has 4 N–H and O–H groups in total. The van der Waals surface area contributed by atoms with E-state index in [1.165, 1.54) is 25.7 Å². The lowest BCUT2D eigenvalue weighted by Crippen LogP contribution is -2.43. The number of hydrogen-bond donors (Lipinski definition) is 4. The van der Waals surface area contributed by atoms with Gasteiger partial charge < -0.3 is 19.9 Å². The van der Waals surface area contributed by atoms with Crippen molar-refractivity contribution in [3.8, 4) is 0 Å². The molecule has 3 atom stereocenters. The lowest BCUT2D eigenvalue weighted by Gasteiger charge is -2.39. The summed E-state index contributed by atoms with van der Waals surface area (Å²) in [7, 11) is 0. The van der Waals surface area contributed by atoms with Crippen LogP contribution in [0.1, 0.15) is 105 Å². The quantitative estimate of drug-likeness (QED) is 0.0798. The molecule has 44 heavy (non-hydrogen) atoms. The molecule has 1 saturated carbocycles. The molecule has 2 aromatic rings. The number of unbranched alkanes of at least 4 members (excludes halogenated alkanes) is 3. The normalized spacial score (nSPS) is 20.5. The Morgan fingerprint density at radius 2 is 1.52 bits per heavy atom. The molecule has 0 spiro atoms. The molecule has 0 radical (unpaired) electrons. The standard InChI is InChI=1S/C35H49N3O6/c1-2-21-38(30-9-7-8-10-30)24-31-22-32(28-17-15-27(25-39)16-18-28)44-35(43-31)29-19-13-26(14-20-29)23-36-33(40)11-5-3-4-6-12-34(41)37-42/h2,13-20,30-32,35,39,42H,1,3-12,21-25H2,(H,36,40)(H,37,41). The van der Waals surface area contributed by atoms with Gasteiger partial charge in [-0.05, 0) is 42.4 Å². The summed E-state index contributed by atoms with van der Waals surface area (Å²) in [5, 5.41) is 21.0. The van der Waals surface area contributed by atoms with Crippen LogP contribution in [0.15, 0.2) is 61.2 Å². The van der Waals surface area contributed by atoms with Crippen molar-refractivity contribution in [2.24, 2.45) is 0 Å². The first-order chi connectivity index (χ1) is 21.5. The SMILES string of the molecule is C=CCN(CC1CC(c2ccc(CO)cc2)OC(c2ccc(CNC(=O)CCCCCCC(=O)NO)cc2)O1)C1CCCC1. The van der Waals surface area contributed by atoms with Gasteiger partial charge in [-0.25, -0.2) is 5.48 Å². The summed E-state index contributed by atoms with van der Waals surface area (Å²) in [6.45, 7) is 6.13. The third kappa shape index (κ3) is 10.5. The van der Waals surface area contributed by atoms with Crippen molar-refractivity contribution in [3.63, 3.8) is 0 Å². The molecule has 2 aromatic carbocycles. The van der Waals surface area contributed by atoms with Crippen molar-refractivity contribution in [1.82, 2.24) is 15.7 Å². The highest BCUT2D eigenvalue weighted by atomic mass is 16.7. The number of benzene rings is 2. The summed E-state index contributed by atoms with van der Waals surface area (Å²) < 4.78 is 13.1. The molecule has 3 unspecified atom stereocenters. The minimum absolute atomic E-state index is 0.00497. The zero-order valence-electron chi connectivity index (χ0n) is 25.8. The van der Waals surface area contributed by atoms with Crippen molar-refractivity contribution < 1.29 is 29.4 Å². The maximum absolute atomic E-state index is 12.3. The minimum atomic E-state index is -0.516. The van der Waals surface area contributed by atoms with Crippen LogP contribution >= 0.6 is 0 Å². The van der Waals surface area contributed by atoms with Gasteiger partial charge in [0.15, 0.2) is 6.29 Å². The van der Waals surface area contributed by atoms with E-state index >= 15 is 0 Å². The van der Waals surface area contributed by atoms with Gasteiger partial charge in [-0.1, -0.05) is 80.3 Å². The molecular weight excluding hydrogens is 558 g/mol. The van der Waals surface area contributed by atoms with Crippen LogP contribution in [0.5, 0.6) is 0 Å². The van der Waals surface area contributed by atoms with Crippen molar-refractivity contribution in [1.29, 1.82) is 0 Å². The summed E-state index contributed by atoms with van der Waals surface area (Å²) >= 11 is 0. The molecule has 4 rings (SSSR count). The van der Waals surface area contributed by atoms with E-state index in [1.54, 1.807) is 5.48 Å². The fourth-order valence-electron chi connectivity index (χ4n) is 6.16. The number of nitrogens with one attached hydrogen (secondary N) is 2. The fourth-order valence-corrected chi connectivity index (χ4v) is 6.16. The van der Waals surface area contributed by atoms with Crippen LogP contribution in [0.3, 0.4) is 0 Å². The Bertz CT molecular complexity index is 1170. The Morgan fingerprint density at radius 1 is 0.886 bits per heavy atom. The molecule has 0 aromatic heterocycles. The molecule has 1 aliphatic heterocycles. The summed E-state index contributed by atoms with van der Waals surface area (Å²) in [4.78, 5) is 25.9. The van der Waals surface area contributed by atoms with E-state index in [0.29, 0.717) is 31.8 Å². The zero-order valence-corrected chi connectivity index (χ0v) is 25.8. The predicted molar refractivity (Wildman–Crippen MR) is 168 cm³/mol. The number of ether oxygens (including phenoxy) is 2. The van der Waals surface area contributed by atoms with Gasteiger partial charge in [-0.15, -0.1) is 6.58 Å². The van der Waals surface area contributed by atoms with E-state index in [4.69, 9.17) is 14.7 Å². The van der Waals surface area contributed by atoms with E-state index < -0.39 is 6.29 Å². The number of hydrogen-bond acceptors (Lipinski definition) is 7. The second-order valence-electron chi connectivity index (χ2n) is 12.0. The Labute approximate surface area is 261 Å².